The van der Waals surface area contributed by atoms with Crippen molar-refractivity contribution in [1.29, 1.82) is 0 Å². The van der Waals surface area contributed by atoms with Gasteiger partial charge in [0.25, 0.3) is 0 Å². The van der Waals surface area contributed by atoms with Gasteiger partial charge in [0.1, 0.15) is 11.8 Å². The number of benzene rings is 2. The van der Waals surface area contributed by atoms with Crippen molar-refractivity contribution in [3.63, 3.8) is 0 Å². The Morgan fingerprint density at radius 2 is 1.67 bits per heavy atom. The molecule has 128 valence electrons. The fourth-order valence-electron chi connectivity index (χ4n) is 2.37. The predicted molar refractivity (Wildman–Crippen MR) is 94.9 cm³/mol. The Kier molecular flexibility index (Phi) is 5.46. The van der Waals surface area contributed by atoms with Crippen LogP contribution in [0, 0.1) is 0 Å². The summed E-state index contributed by atoms with van der Waals surface area (Å²) in [6.07, 6.45) is 1.08. The van der Waals surface area contributed by atoms with Gasteiger partial charge in [-0.2, -0.15) is 0 Å². The quantitative estimate of drug-likeness (QED) is 0.870. The molecular weight excluding hydrogens is 328 g/mol. The van der Waals surface area contributed by atoms with Crippen LogP contribution in [0.4, 0.5) is 11.4 Å². The molecule has 0 aromatic heterocycles. The molecule has 1 N–H and O–H groups in total. The summed E-state index contributed by atoms with van der Waals surface area (Å²) >= 11 is 0. The average Bonchev–Trinajstić information content (AvgIpc) is 2.55. The average molecular weight is 348 g/mol. The number of methoxy groups -OCH3 is 1. The number of hydrogen-bond acceptors (Lipinski definition) is 4. The van der Waals surface area contributed by atoms with Gasteiger partial charge < -0.3 is 10.1 Å². The largest absolute Gasteiger partial charge is 0.495 e. The third-order valence-electron chi connectivity index (χ3n) is 3.46. The number of amides is 1. The summed E-state index contributed by atoms with van der Waals surface area (Å²) in [5.41, 5.74) is 0.918. The van der Waals surface area contributed by atoms with Crippen LogP contribution >= 0.6 is 0 Å². The van der Waals surface area contributed by atoms with Crippen LogP contribution in [0.25, 0.3) is 0 Å². The Balaban J connectivity index is 2.30. The minimum atomic E-state index is -3.63. The Morgan fingerprint density at radius 1 is 1.08 bits per heavy atom. The van der Waals surface area contributed by atoms with E-state index in [2.05, 4.69) is 5.32 Å². The molecular formula is C17H20N2O4S. The van der Waals surface area contributed by atoms with Crippen molar-refractivity contribution in [2.45, 2.75) is 13.0 Å². The number of hydrogen-bond donors (Lipinski definition) is 1. The van der Waals surface area contributed by atoms with Crippen LogP contribution in [-0.4, -0.2) is 33.7 Å². The summed E-state index contributed by atoms with van der Waals surface area (Å²) < 4.78 is 30.6. The zero-order chi connectivity index (χ0) is 17.7. The highest BCUT2D eigenvalue weighted by molar-refractivity contribution is 7.92. The van der Waals surface area contributed by atoms with Crippen LogP contribution in [0.1, 0.15) is 6.92 Å². The first-order valence-corrected chi connectivity index (χ1v) is 9.17. The molecule has 1 atom stereocenters. The first-order chi connectivity index (χ1) is 11.3. The number of rotatable bonds is 6. The lowest BCUT2D eigenvalue weighted by Gasteiger charge is -2.28. The predicted octanol–water partition coefficient (Wildman–Crippen LogP) is 2.49. The maximum Gasteiger partial charge on any atom is 0.248 e. The van der Waals surface area contributed by atoms with Crippen molar-refractivity contribution in [2.75, 3.05) is 23.0 Å². The van der Waals surface area contributed by atoms with Gasteiger partial charge in [0.2, 0.25) is 15.9 Å². The topological polar surface area (TPSA) is 75.7 Å². The highest BCUT2D eigenvalue weighted by Crippen LogP contribution is 2.25. The second kappa shape index (κ2) is 7.35. The van der Waals surface area contributed by atoms with E-state index in [0.29, 0.717) is 17.1 Å². The monoisotopic (exact) mass is 348 g/mol. The SMILES string of the molecule is COc1ccccc1NC(=O)[C@@H](C)N(c1ccccc1)S(C)(=O)=O. The van der Waals surface area contributed by atoms with Crippen LogP contribution < -0.4 is 14.4 Å². The third kappa shape index (κ3) is 4.05. The van der Waals surface area contributed by atoms with E-state index in [0.717, 1.165) is 10.6 Å². The minimum Gasteiger partial charge on any atom is -0.495 e. The van der Waals surface area contributed by atoms with Gasteiger partial charge in [-0.05, 0) is 31.2 Å². The molecule has 0 radical (unpaired) electrons. The van der Waals surface area contributed by atoms with Crippen molar-refractivity contribution in [3.05, 3.63) is 54.6 Å². The van der Waals surface area contributed by atoms with E-state index >= 15 is 0 Å². The number of ether oxygens (including phenoxy) is 1. The lowest BCUT2D eigenvalue weighted by Crippen LogP contribution is -2.45. The van der Waals surface area contributed by atoms with E-state index in [4.69, 9.17) is 4.74 Å². The molecule has 2 aromatic rings. The normalized spacial score (nSPS) is 12.3. The highest BCUT2D eigenvalue weighted by Gasteiger charge is 2.29. The molecule has 0 saturated carbocycles. The Labute approximate surface area is 142 Å². The van der Waals surface area contributed by atoms with E-state index in [1.807, 2.05) is 0 Å². The molecule has 2 rings (SSSR count). The van der Waals surface area contributed by atoms with Crippen molar-refractivity contribution in [3.8, 4) is 5.75 Å². The second-order valence-electron chi connectivity index (χ2n) is 5.26. The van der Waals surface area contributed by atoms with Crippen LogP contribution in [0.5, 0.6) is 5.75 Å². The van der Waals surface area contributed by atoms with Gasteiger partial charge in [-0.15, -0.1) is 0 Å². The summed E-state index contributed by atoms with van der Waals surface area (Å²) in [7, 11) is -2.13. The lowest BCUT2D eigenvalue weighted by molar-refractivity contribution is -0.116. The molecule has 0 aliphatic heterocycles. The number of anilines is 2. The van der Waals surface area contributed by atoms with E-state index < -0.39 is 22.0 Å². The van der Waals surface area contributed by atoms with Gasteiger partial charge in [0.15, 0.2) is 0 Å². The van der Waals surface area contributed by atoms with E-state index in [9.17, 15) is 13.2 Å². The fraction of sp³-hybridized carbons (Fsp3) is 0.235. The summed E-state index contributed by atoms with van der Waals surface area (Å²) in [4.78, 5) is 12.6. The van der Waals surface area contributed by atoms with Crippen LogP contribution in [0.15, 0.2) is 54.6 Å². The Hall–Kier alpha value is -2.54. The van der Waals surface area contributed by atoms with Gasteiger partial charge in [0.05, 0.1) is 24.7 Å². The molecule has 2 aromatic carbocycles. The summed E-state index contributed by atoms with van der Waals surface area (Å²) in [6, 6.07) is 14.5. The summed E-state index contributed by atoms with van der Waals surface area (Å²) in [5, 5.41) is 2.71. The lowest BCUT2D eigenvalue weighted by atomic mass is 10.2. The summed E-state index contributed by atoms with van der Waals surface area (Å²) in [6.45, 7) is 1.54. The van der Waals surface area contributed by atoms with Gasteiger partial charge in [-0.25, -0.2) is 8.42 Å². The van der Waals surface area contributed by atoms with Gasteiger partial charge in [0, 0.05) is 0 Å². The van der Waals surface area contributed by atoms with E-state index in [1.54, 1.807) is 61.5 Å². The first kappa shape index (κ1) is 17.8. The standard InChI is InChI=1S/C17H20N2O4S/c1-13(17(20)18-15-11-7-8-12-16(15)23-2)19(24(3,21)22)14-9-5-4-6-10-14/h4-13H,1-3H3,(H,18,20)/t13-/m1/s1. The smallest absolute Gasteiger partial charge is 0.248 e. The van der Waals surface area contributed by atoms with E-state index in [1.165, 1.54) is 7.11 Å². The van der Waals surface area contributed by atoms with Gasteiger partial charge >= 0.3 is 0 Å². The van der Waals surface area contributed by atoms with Crippen LogP contribution in [0.3, 0.4) is 0 Å². The zero-order valence-electron chi connectivity index (χ0n) is 13.8. The van der Waals surface area contributed by atoms with Crippen molar-refractivity contribution in [1.82, 2.24) is 0 Å². The molecule has 7 heteroatoms. The van der Waals surface area contributed by atoms with Crippen molar-refractivity contribution >= 4 is 27.3 Å². The number of carbonyl (C=O) groups is 1. The molecule has 0 aliphatic rings. The van der Waals surface area contributed by atoms with Crippen LogP contribution in [0.2, 0.25) is 0 Å². The Bertz CT molecular complexity index is 806. The molecule has 0 unspecified atom stereocenters. The third-order valence-corrected chi connectivity index (χ3v) is 4.71. The first-order valence-electron chi connectivity index (χ1n) is 7.33. The number of sulfonamides is 1. The van der Waals surface area contributed by atoms with Crippen molar-refractivity contribution < 1.29 is 17.9 Å². The number of nitrogens with one attached hydrogen (secondary N) is 1. The molecule has 0 saturated heterocycles. The molecule has 0 spiro atoms. The minimum absolute atomic E-state index is 0.433. The highest BCUT2D eigenvalue weighted by atomic mass is 32.2. The molecule has 0 heterocycles. The number of carbonyl (C=O) groups excluding carboxylic acids is 1. The second-order valence-corrected chi connectivity index (χ2v) is 7.12. The van der Waals surface area contributed by atoms with Gasteiger partial charge in [-0.3, -0.25) is 9.10 Å². The molecule has 24 heavy (non-hydrogen) atoms. The van der Waals surface area contributed by atoms with E-state index in [-0.39, 0.29) is 0 Å². The fourth-order valence-corrected chi connectivity index (χ4v) is 3.54. The van der Waals surface area contributed by atoms with Crippen molar-refractivity contribution in [2.24, 2.45) is 0 Å². The maximum atomic E-state index is 12.6. The molecule has 6 nitrogen and oxygen atoms in total. The van der Waals surface area contributed by atoms with Crippen LogP contribution in [-0.2, 0) is 14.8 Å². The Morgan fingerprint density at radius 3 is 2.25 bits per heavy atom. The molecule has 0 aliphatic carbocycles. The maximum absolute atomic E-state index is 12.6. The van der Waals surface area contributed by atoms with Gasteiger partial charge in [-0.1, -0.05) is 30.3 Å². The molecule has 0 bridgehead atoms. The number of nitrogens with zero attached hydrogens (tertiary/aromatic N) is 1. The number of para-hydroxylation sites is 3. The zero-order valence-corrected chi connectivity index (χ0v) is 14.6. The summed E-state index contributed by atoms with van der Waals surface area (Å²) in [5.74, 6) is 0.0532. The molecule has 0 fully saturated rings. The molecule has 1 amide bonds.